The lowest BCUT2D eigenvalue weighted by atomic mass is 10.2. The Morgan fingerprint density at radius 2 is 1.87 bits per heavy atom. The number of benzene rings is 1. The van der Waals surface area contributed by atoms with Gasteiger partial charge in [-0.15, -0.1) is 31.7 Å². The maximum Gasteiger partial charge on any atom is 0.257 e. The monoisotopic (exact) mass is 454 g/mol. The average molecular weight is 455 g/mol. The van der Waals surface area contributed by atoms with Gasteiger partial charge < -0.3 is 8.98 Å². The topological polar surface area (TPSA) is 72.9 Å². The van der Waals surface area contributed by atoms with Gasteiger partial charge in [-0.25, -0.2) is 0 Å². The third-order valence-corrected chi connectivity index (χ3v) is 6.97. The van der Waals surface area contributed by atoms with Gasteiger partial charge in [0.25, 0.3) is 5.89 Å². The van der Waals surface area contributed by atoms with Gasteiger partial charge in [-0.2, -0.15) is 0 Å². The average Bonchev–Trinajstić information content (AvgIpc) is 3.51. The van der Waals surface area contributed by atoms with Crippen molar-refractivity contribution in [2.45, 2.75) is 43.3 Å². The van der Waals surface area contributed by atoms with Crippen LogP contribution in [-0.2, 0) is 6.54 Å². The standard InChI is InChI=1S/C22H26N6OS2/c1-5-17(27(3)4)19-23-26-22(28(19)14-16-10-7-6-8-11-16)31-15(2)20-24-25-21(29-20)18-12-9-13-30-18/h6-13,15,17H,5,14H2,1-4H3. The zero-order chi connectivity index (χ0) is 21.8. The Morgan fingerprint density at radius 3 is 2.55 bits per heavy atom. The molecule has 0 aliphatic rings. The van der Waals surface area contributed by atoms with E-state index >= 15 is 0 Å². The molecular weight excluding hydrogens is 428 g/mol. The maximum atomic E-state index is 5.94. The molecule has 2 atom stereocenters. The molecule has 31 heavy (non-hydrogen) atoms. The summed E-state index contributed by atoms with van der Waals surface area (Å²) in [4.78, 5) is 3.16. The van der Waals surface area contributed by atoms with E-state index in [0.717, 1.165) is 22.3 Å². The molecule has 0 fully saturated rings. The third-order valence-electron chi connectivity index (χ3n) is 5.04. The molecule has 0 aliphatic heterocycles. The van der Waals surface area contributed by atoms with Crippen molar-refractivity contribution in [2.75, 3.05) is 14.1 Å². The van der Waals surface area contributed by atoms with Crippen molar-refractivity contribution in [1.82, 2.24) is 29.9 Å². The summed E-state index contributed by atoms with van der Waals surface area (Å²) in [5.41, 5.74) is 1.21. The molecule has 0 bridgehead atoms. The fraction of sp³-hybridized carbons (Fsp3) is 0.364. The molecule has 162 valence electrons. The molecule has 4 aromatic rings. The highest BCUT2D eigenvalue weighted by atomic mass is 32.2. The molecule has 0 saturated carbocycles. The molecule has 0 aliphatic carbocycles. The van der Waals surface area contributed by atoms with Crippen LogP contribution in [-0.4, -0.2) is 44.0 Å². The van der Waals surface area contributed by atoms with Crippen LogP contribution < -0.4 is 0 Å². The molecular formula is C22H26N6OS2. The first-order chi connectivity index (χ1) is 15.1. The second-order valence-corrected chi connectivity index (χ2v) is 9.74. The lowest BCUT2D eigenvalue weighted by molar-refractivity contribution is 0.272. The van der Waals surface area contributed by atoms with Crippen LogP contribution in [0, 0.1) is 0 Å². The number of thiophene rings is 1. The van der Waals surface area contributed by atoms with Crippen molar-refractivity contribution in [3.05, 3.63) is 65.1 Å². The molecule has 2 unspecified atom stereocenters. The van der Waals surface area contributed by atoms with Crippen LogP contribution in [0.15, 0.2) is 57.4 Å². The van der Waals surface area contributed by atoms with E-state index < -0.39 is 0 Å². The third kappa shape index (κ3) is 4.89. The molecule has 4 rings (SSSR count). The normalized spacial score (nSPS) is 13.6. The molecule has 0 N–H and O–H groups in total. The summed E-state index contributed by atoms with van der Waals surface area (Å²) >= 11 is 3.18. The number of nitrogens with zero attached hydrogens (tertiary/aromatic N) is 6. The number of hydrogen-bond acceptors (Lipinski definition) is 8. The molecule has 3 aromatic heterocycles. The van der Waals surface area contributed by atoms with Gasteiger partial charge in [-0.05, 0) is 44.4 Å². The smallest absolute Gasteiger partial charge is 0.257 e. The molecule has 1 aromatic carbocycles. The first kappa shape index (κ1) is 21.7. The van der Waals surface area contributed by atoms with Crippen LogP contribution in [0.1, 0.15) is 48.8 Å². The molecule has 0 amide bonds. The van der Waals surface area contributed by atoms with E-state index in [2.05, 4.69) is 82.1 Å². The van der Waals surface area contributed by atoms with E-state index in [9.17, 15) is 0 Å². The fourth-order valence-corrected chi connectivity index (χ4v) is 4.96. The second-order valence-electron chi connectivity index (χ2n) is 7.48. The van der Waals surface area contributed by atoms with Crippen molar-refractivity contribution in [2.24, 2.45) is 0 Å². The lowest BCUT2D eigenvalue weighted by Gasteiger charge is -2.23. The van der Waals surface area contributed by atoms with Gasteiger partial charge in [-0.3, -0.25) is 4.90 Å². The van der Waals surface area contributed by atoms with Crippen molar-refractivity contribution >= 4 is 23.1 Å². The van der Waals surface area contributed by atoms with E-state index in [1.807, 2.05) is 23.6 Å². The van der Waals surface area contributed by atoms with Crippen LogP contribution in [0.25, 0.3) is 10.8 Å². The van der Waals surface area contributed by atoms with Crippen molar-refractivity contribution < 1.29 is 4.42 Å². The Morgan fingerprint density at radius 1 is 1.06 bits per heavy atom. The summed E-state index contributed by atoms with van der Waals surface area (Å²) in [6.45, 7) is 4.94. The highest BCUT2D eigenvalue weighted by Gasteiger charge is 2.25. The van der Waals surface area contributed by atoms with E-state index in [-0.39, 0.29) is 11.3 Å². The Bertz CT molecular complexity index is 1090. The first-order valence-electron chi connectivity index (χ1n) is 10.2. The van der Waals surface area contributed by atoms with Gasteiger partial charge in [-0.1, -0.05) is 55.1 Å². The van der Waals surface area contributed by atoms with Gasteiger partial charge >= 0.3 is 0 Å². The van der Waals surface area contributed by atoms with E-state index in [1.165, 1.54) is 5.56 Å². The van der Waals surface area contributed by atoms with Crippen molar-refractivity contribution in [3.8, 4) is 10.8 Å². The van der Waals surface area contributed by atoms with Crippen LogP contribution in [0.4, 0.5) is 0 Å². The largest absolute Gasteiger partial charge is 0.419 e. The number of thioether (sulfide) groups is 1. The van der Waals surface area contributed by atoms with Crippen molar-refractivity contribution in [1.29, 1.82) is 0 Å². The van der Waals surface area contributed by atoms with Gasteiger partial charge in [0.2, 0.25) is 5.89 Å². The summed E-state index contributed by atoms with van der Waals surface area (Å²) in [5, 5.41) is 20.4. The highest BCUT2D eigenvalue weighted by molar-refractivity contribution is 7.99. The van der Waals surface area contributed by atoms with E-state index in [4.69, 9.17) is 4.42 Å². The minimum Gasteiger partial charge on any atom is -0.419 e. The van der Waals surface area contributed by atoms with Gasteiger partial charge in [0, 0.05) is 0 Å². The van der Waals surface area contributed by atoms with Gasteiger partial charge in [0.1, 0.15) is 0 Å². The Balaban J connectivity index is 1.62. The summed E-state index contributed by atoms with van der Waals surface area (Å²) in [6.07, 6.45) is 0.952. The van der Waals surface area contributed by atoms with Gasteiger partial charge in [0.05, 0.1) is 22.7 Å². The SMILES string of the molecule is CCC(c1nnc(SC(C)c2nnc(-c3cccs3)o2)n1Cc1ccccc1)N(C)C. The van der Waals surface area contributed by atoms with Crippen LogP contribution in [0.5, 0.6) is 0 Å². The Kier molecular flexibility index (Phi) is 6.84. The summed E-state index contributed by atoms with van der Waals surface area (Å²) in [5.74, 6) is 2.11. The molecule has 7 nitrogen and oxygen atoms in total. The number of hydrogen-bond donors (Lipinski definition) is 0. The minimum atomic E-state index is -0.0489. The van der Waals surface area contributed by atoms with Crippen LogP contribution in [0.2, 0.25) is 0 Å². The Labute approximate surface area is 190 Å². The predicted molar refractivity (Wildman–Crippen MR) is 124 cm³/mol. The highest BCUT2D eigenvalue weighted by Crippen LogP contribution is 2.36. The van der Waals surface area contributed by atoms with Crippen LogP contribution in [0.3, 0.4) is 0 Å². The molecule has 0 spiro atoms. The summed E-state index contributed by atoms with van der Waals surface area (Å²) in [6, 6.07) is 14.6. The fourth-order valence-electron chi connectivity index (χ4n) is 3.43. The molecule has 9 heteroatoms. The lowest BCUT2D eigenvalue weighted by Crippen LogP contribution is -2.23. The molecule has 3 heterocycles. The van der Waals surface area contributed by atoms with Gasteiger partial charge in [0.15, 0.2) is 11.0 Å². The van der Waals surface area contributed by atoms with E-state index in [0.29, 0.717) is 18.3 Å². The minimum absolute atomic E-state index is 0.0489. The van der Waals surface area contributed by atoms with E-state index in [1.54, 1.807) is 23.1 Å². The number of rotatable bonds is 9. The Hall–Kier alpha value is -2.49. The molecule has 0 radical (unpaired) electrons. The predicted octanol–water partition coefficient (Wildman–Crippen LogP) is 5.30. The maximum absolute atomic E-state index is 5.94. The molecule has 0 saturated heterocycles. The zero-order valence-electron chi connectivity index (χ0n) is 18.1. The summed E-state index contributed by atoms with van der Waals surface area (Å²) in [7, 11) is 4.16. The zero-order valence-corrected chi connectivity index (χ0v) is 19.7. The second kappa shape index (κ2) is 9.76. The first-order valence-corrected chi connectivity index (χ1v) is 12.0. The summed E-state index contributed by atoms with van der Waals surface area (Å²) < 4.78 is 8.15. The van der Waals surface area contributed by atoms with Crippen molar-refractivity contribution in [3.63, 3.8) is 0 Å². The number of aromatic nitrogens is 5. The van der Waals surface area contributed by atoms with Crippen LogP contribution >= 0.6 is 23.1 Å². The quantitative estimate of drug-likeness (QED) is 0.318.